The number of amides is 2. The van der Waals surface area contributed by atoms with Crippen molar-refractivity contribution in [2.75, 3.05) is 25.5 Å². The van der Waals surface area contributed by atoms with Crippen molar-refractivity contribution in [2.24, 2.45) is 0 Å². The molecule has 0 saturated carbocycles. The fourth-order valence-corrected chi connectivity index (χ4v) is 2.21. The van der Waals surface area contributed by atoms with Crippen LogP contribution in [0.15, 0.2) is 24.3 Å². The molecule has 18 heavy (non-hydrogen) atoms. The molecule has 4 nitrogen and oxygen atoms in total. The van der Waals surface area contributed by atoms with E-state index >= 15 is 0 Å². The summed E-state index contributed by atoms with van der Waals surface area (Å²) in [5.74, 6) is 0. The molecule has 1 aromatic carbocycles. The first-order chi connectivity index (χ1) is 8.65. The van der Waals surface area contributed by atoms with Gasteiger partial charge in [-0.15, -0.1) is 0 Å². The van der Waals surface area contributed by atoms with Crippen LogP contribution >= 0.6 is 0 Å². The summed E-state index contributed by atoms with van der Waals surface area (Å²) >= 11 is 0. The Morgan fingerprint density at radius 3 is 2.61 bits per heavy atom. The number of para-hydroxylation sites is 1. The first kappa shape index (κ1) is 12.9. The predicted molar refractivity (Wildman–Crippen MR) is 73.9 cm³/mol. The van der Waals surface area contributed by atoms with Gasteiger partial charge in [0, 0.05) is 11.7 Å². The molecule has 2 N–H and O–H groups in total. The predicted octanol–water partition coefficient (Wildman–Crippen LogP) is 2.21. The van der Waals surface area contributed by atoms with Gasteiger partial charge in [-0.1, -0.05) is 18.2 Å². The molecule has 4 heteroatoms. The van der Waals surface area contributed by atoms with Crippen LogP contribution in [0.2, 0.25) is 0 Å². The number of likely N-dealkylation sites (tertiary alicyclic amines) is 1. The van der Waals surface area contributed by atoms with Crippen LogP contribution in [0, 0.1) is 6.92 Å². The Morgan fingerprint density at radius 2 is 1.94 bits per heavy atom. The monoisotopic (exact) mass is 247 g/mol. The first-order valence-corrected chi connectivity index (χ1v) is 6.47. The van der Waals surface area contributed by atoms with E-state index in [1.54, 1.807) is 0 Å². The van der Waals surface area contributed by atoms with Crippen molar-refractivity contribution in [3.63, 3.8) is 0 Å². The van der Waals surface area contributed by atoms with E-state index in [-0.39, 0.29) is 6.03 Å². The molecule has 2 amide bonds. The average molecular weight is 247 g/mol. The topological polar surface area (TPSA) is 44.4 Å². The van der Waals surface area contributed by atoms with Crippen molar-refractivity contribution >= 4 is 11.7 Å². The second-order valence-electron chi connectivity index (χ2n) is 4.99. The molecule has 1 saturated heterocycles. The Bertz CT molecular complexity index is 411. The van der Waals surface area contributed by atoms with E-state index in [0.717, 1.165) is 37.2 Å². The fraction of sp³-hybridized carbons (Fsp3) is 0.500. The maximum atomic E-state index is 11.9. The van der Waals surface area contributed by atoms with Crippen molar-refractivity contribution in [3.8, 4) is 0 Å². The third-order valence-electron chi connectivity index (χ3n) is 3.45. The molecule has 0 aliphatic carbocycles. The Balaban J connectivity index is 1.84. The number of anilines is 1. The van der Waals surface area contributed by atoms with Gasteiger partial charge < -0.3 is 15.5 Å². The van der Waals surface area contributed by atoms with Crippen LogP contribution < -0.4 is 10.6 Å². The van der Waals surface area contributed by atoms with Gasteiger partial charge in [0.2, 0.25) is 0 Å². The summed E-state index contributed by atoms with van der Waals surface area (Å²) in [7, 11) is 2.11. The van der Waals surface area contributed by atoms with Gasteiger partial charge in [-0.05, 0) is 51.5 Å². The molecule has 1 aromatic rings. The summed E-state index contributed by atoms with van der Waals surface area (Å²) in [5.41, 5.74) is 1.96. The number of hydrogen-bond acceptors (Lipinski definition) is 2. The molecule has 2 rings (SSSR count). The van der Waals surface area contributed by atoms with Crippen LogP contribution in [-0.2, 0) is 0 Å². The average Bonchev–Trinajstić information content (AvgIpc) is 2.35. The lowest BCUT2D eigenvalue weighted by atomic mass is 10.1. The lowest BCUT2D eigenvalue weighted by Crippen LogP contribution is -2.44. The SMILES string of the molecule is Cc1ccccc1NC(=O)NC1CCN(C)CC1. The number of piperidine rings is 1. The van der Waals surface area contributed by atoms with Crippen LogP contribution in [0.25, 0.3) is 0 Å². The van der Waals surface area contributed by atoms with Gasteiger partial charge in [-0.25, -0.2) is 4.79 Å². The van der Waals surface area contributed by atoms with Gasteiger partial charge in [0.25, 0.3) is 0 Å². The van der Waals surface area contributed by atoms with Crippen molar-refractivity contribution in [1.29, 1.82) is 0 Å². The Kier molecular flexibility index (Phi) is 4.20. The molecule has 0 spiro atoms. The lowest BCUT2D eigenvalue weighted by Gasteiger charge is -2.29. The summed E-state index contributed by atoms with van der Waals surface area (Å²) in [6.07, 6.45) is 2.05. The molecule has 0 radical (unpaired) electrons. The molecular weight excluding hydrogens is 226 g/mol. The summed E-state index contributed by atoms with van der Waals surface area (Å²) in [6.45, 7) is 4.09. The molecule has 1 aliphatic rings. The number of carbonyl (C=O) groups excluding carboxylic acids is 1. The molecule has 0 bridgehead atoms. The first-order valence-electron chi connectivity index (χ1n) is 6.47. The minimum Gasteiger partial charge on any atom is -0.335 e. The second kappa shape index (κ2) is 5.87. The van der Waals surface area contributed by atoms with E-state index in [4.69, 9.17) is 0 Å². The Labute approximate surface area is 108 Å². The highest BCUT2D eigenvalue weighted by Gasteiger charge is 2.18. The van der Waals surface area contributed by atoms with Crippen molar-refractivity contribution in [2.45, 2.75) is 25.8 Å². The summed E-state index contributed by atoms with van der Waals surface area (Å²) in [5, 5.41) is 5.94. The largest absolute Gasteiger partial charge is 0.335 e. The van der Waals surface area contributed by atoms with Crippen molar-refractivity contribution < 1.29 is 4.79 Å². The standard InChI is InChI=1S/C14H21N3O/c1-11-5-3-4-6-13(11)16-14(18)15-12-7-9-17(2)10-8-12/h3-6,12H,7-10H2,1-2H3,(H2,15,16,18). The van der Waals surface area contributed by atoms with Crippen LogP contribution in [0.1, 0.15) is 18.4 Å². The molecular formula is C14H21N3O. The lowest BCUT2D eigenvalue weighted by molar-refractivity contribution is 0.221. The van der Waals surface area contributed by atoms with E-state index < -0.39 is 0 Å². The summed E-state index contributed by atoms with van der Waals surface area (Å²) in [4.78, 5) is 14.2. The highest BCUT2D eigenvalue weighted by Crippen LogP contribution is 2.13. The van der Waals surface area contributed by atoms with Gasteiger partial charge in [-0.3, -0.25) is 0 Å². The molecule has 98 valence electrons. The molecule has 0 aromatic heterocycles. The zero-order valence-electron chi connectivity index (χ0n) is 11.1. The number of urea groups is 1. The highest BCUT2D eigenvalue weighted by molar-refractivity contribution is 5.90. The van der Waals surface area contributed by atoms with Crippen LogP contribution in [0.5, 0.6) is 0 Å². The van der Waals surface area contributed by atoms with Gasteiger partial charge in [0.15, 0.2) is 0 Å². The Morgan fingerprint density at radius 1 is 1.28 bits per heavy atom. The quantitative estimate of drug-likeness (QED) is 0.841. The van der Waals surface area contributed by atoms with Crippen LogP contribution in [0.3, 0.4) is 0 Å². The fourth-order valence-electron chi connectivity index (χ4n) is 2.21. The van der Waals surface area contributed by atoms with E-state index in [1.807, 2.05) is 31.2 Å². The minimum atomic E-state index is -0.0983. The minimum absolute atomic E-state index is 0.0983. The normalized spacial score (nSPS) is 17.4. The van der Waals surface area contributed by atoms with Crippen LogP contribution in [-0.4, -0.2) is 37.1 Å². The molecule has 1 heterocycles. The third-order valence-corrected chi connectivity index (χ3v) is 3.45. The Hall–Kier alpha value is -1.55. The summed E-state index contributed by atoms with van der Waals surface area (Å²) in [6, 6.07) is 8.01. The van der Waals surface area contributed by atoms with Crippen molar-refractivity contribution in [3.05, 3.63) is 29.8 Å². The number of nitrogens with one attached hydrogen (secondary N) is 2. The van der Waals surface area contributed by atoms with E-state index in [2.05, 4.69) is 22.6 Å². The molecule has 0 unspecified atom stereocenters. The number of aryl methyl sites for hydroxylation is 1. The van der Waals surface area contributed by atoms with E-state index in [1.165, 1.54) is 0 Å². The number of nitrogens with zero attached hydrogens (tertiary/aromatic N) is 1. The highest BCUT2D eigenvalue weighted by atomic mass is 16.2. The third kappa shape index (κ3) is 3.47. The maximum Gasteiger partial charge on any atom is 0.319 e. The number of rotatable bonds is 2. The van der Waals surface area contributed by atoms with Gasteiger partial charge in [0.1, 0.15) is 0 Å². The van der Waals surface area contributed by atoms with Gasteiger partial charge >= 0.3 is 6.03 Å². The van der Waals surface area contributed by atoms with E-state index in [9.17, 15) is 4.79 Å². The van der Waals surface area contributed by atoms with Gasteiger partial charge in [0.05, 0.1) is 0 Å². The molecule has 0 atom stereocenters. The summed E-state index contributed by atoms with van der Waals surface area (Å²) < 4.78 is 0. The zero-order chi connectivity index (χ0) is 13.0. The number of benzene rings is 1. The molecule has 1 fully saturated rings. The van der Waals surface area contributed by atoms with Crippen LogP contribution in [0.4, 0.5) is 10.5 Å². The zero-order valence-corrected chi connectivity index (χ0v) is 11.1. The maximum absolute atomic E-state index is 11.9. The van der Waals surface area contributed by atoms with E-state index in [0.29, 0.717) is 6.04 Å². The number of carbonyl (C=O) groups is 1. The second-order valence-corrected chi connectivity index (χ2v) is 4.99. The number of hydrogen-bond donors (Lipinski definition) is 2. The smallest absolute Gasteiger partial charge is 0.319 e. The van der Waals surface area contributed by atoms with Crippen molar-refractivity contribution in [1.82, 2.24) is 10.2 Å². The van der Waals surface area contributed by atoms with Gasteiger partial charge in [-0.2, -0.15) is 0 Å². The molecule has 1 aliphatic heterocycles.